The van der Waals surface area contributed by atoms with E-state index in [1.807, 2.05) is 0 Å². The van der Waals surface area contributed by atoms with Crippen molar-refractivity contribution in [1.29, 1.82) is 0 Å². The molecule has 0 saturated heterocycles. The van der Waals surface area contributed by atoms with Crippen molar-refractivity contribution in [2.24, 2.45) is 0 Å². The Labute approximate surface area is 119 Å². The lowest BCUT2D eigenvalue weighted by molar-refractivity contribution is -0.118. The Bertz CT molecular complexity index is 512. The van der Waals surface area contributed by atoms with Gasteiger partial charge in [0, 0.05) is 22.7 Å². The first-order valence-electron chi connectivity index (χ1n) is 6.12. The van der Waals surface area contributed by atoms with Crippen LogP contribution in [0.25, 0.3) is 6.08 Å². The fourth-order valence-corrected chi connectivity index (χ4v) is 2.26. The Morgan fingerprint density at radius 2 is 2.26 bits per heavy atom. The Morgan fingerprint density at radius 3 is 2.89 bits per heavy atom. The van der Waals surface area contributed by atoms with Crippen molar-refractivity contribution in [3.05, 3.63) is 40.1 Å². The highest BCUT2D eigenvalue weighted by Crippen LogP contribution is 2.30. The van der Waals surface area contributed by atoms with Crippen molar-refractivity contribution < 1.29 is 14.3 Å². The van der Waals surface area contributed by atoms with E-state index in [4.69, 9.17) is 0 Å². The van der Waals surface area contributed by atoms with Crippen molar-refractivity contribution in [1.82, 2.24) is 5.32 Å². The summed E-state index contributed by atoms with van der Waals surface area (Å²) in [5, 5.41) is 12.4. The number of hydrogen-bond donors (Lipinski definition) is 2. The number of hydrogen-bond acceptors (Lipinski definition) is 2. The first-order chi connectivity index (χ1) is 8.98. The molecule has 1 amide bonds. The highest BCUT2D eigenvalue weighted by molar-refractivity contribution is 9.10. The van der Waals surface area contributed by atoms with Gasteiger partial charge in [-0.25, -0.2) is 4.39 Å². The molecule has 102 valence electrons. The van der Waals surface area contributed by atoms with E-state index in [9.17, 15) is 14.3 Å². The van der Waals surface area contributed by atoms with Crippen LogP contribution in [0.4, 0.5) is 4.39 Å². The number of benzene rings is 1. The summed E-state index contributed by atoms with van der Waals surface area (Å²) in [6.07, 6.45) is 5.12. The molecule has 0 bridgehead atoms. The minimum absolute atomic E-state index is 0.247. The molecule has 0 atom stereocenters. The van der Waals surface area contributed by atoms with Gasteiger partial charge in [0.2, 0.25) is 5.91 Å². The van der Waals surface area contributed by atoms with Crippen LogP contribution in [0.15, 0.2) is 28.7 Å². The fraction of sp³-hybridized carbons (Fsp3) is 0.357. The zero-order valence-electron chi connectivity index (χ0n) is 10.3. The van der Waals surface area contributed by atoms with Crippen molar-refractivity contribution in [3.8, 4) is 0 Å². The molecule has 0 aliphatic heterocycles. The van der Waals surface area contributed by atoms with Crippen LogP contribution < -0.4 is 5.32 Å². The van der Waals surface area contributed by atoms with Crippen molar-refractivity contribution in [3.63, 3.8) is 0 Å². The number of aliphatic hydroxyl groups is 1. The van der Waals surface area contributed by atoms with Crippen LogP contribution in [0.3, 0.4) is 0 Å². The average molecular weight is 328 g/mol. The van der Waals surface area contributed by atoms with Crippen LogP contribution >= 0.6 is 15.9 Å². The van der Waals surface area contributed by atoms with Gasteiger partial charge in [0.15, 0.2) is 0 Å². The molecule has 0 aromatic heterocycles. The molecular weight excluding hydrogens is 313 g/mol. The number of carbonyl (C=O) groups is 1. The van der Waals surface area contributed by atoms with Crippen molar-refractivity contribution >= 4 is 27.9 Å². The van der Waals surface area contributed by atoms with Crippen LogP contribution in [-0.2, 0) is 4.79 Å². The molecule has 5 heteroatoms. The van der Waals surface area contributed by atoms with Gasteiger partial charge < -0.3 is 10.4 Å². The van der Waals surface area contributed by atoms with Crippen LogP contribution in [0.1, 0.15) is 24.8 Å². The maximum atomic E-state index is 13.4. The summed E-state index contributed by atoms with van der Waals surface area (Å²) >= 11 is 3.24. The monoisotopic (exact) mass is 327 g/mol. The van der Waals surface area contributed by atoms with Gasteiger partial charge in [-0.15, -0.1) is 0 Å². The first kappa shape index (κ1) is 14.2. The van der Waals surface area contributed by atoms with Gasteiger partial charge in [0.1, 0.15) is 5.82 Å². The van der Waals surface area contributed by atoms with Crippen LogP contribution in [0.2, 0.25) is 0 Å². The second-order valence-electron chi connectivity index (χ2n) is 4.79. The number of carbonyl (C=O) groups excluding carboxylic acids is 1. The molecule has 2 N–H and O–H groups in total. The molecule has 1 saturated carbocycles. The van der Waals surface area contributed by atoms with Crippen LogP contribution in [-0.4, -0.2) is 23.2 Å². The molecule has 1 aromatic rings. The summed E-state index contributed by atoms with van der Waals surface area (Å²) < 4.78 is 14.2. The molecular formula is C14H15BrFNO2. The minimum atomic E-state index is -0.746. The molecule has 0 spiro atoms. The molecule has 0 radical (unpaired) electrons. The predicted octanol–water partition coefficient (Wildman–Crippen LogP) is 2.63. The third-order valence-electron chi connectivity index (χ3n) is 3.25. The number of rotatable bonds is 4. The summed E-state index contributed by atoms with van der Waals surface area (Å²) in [7, 11) is 0. The Hall–Kier alpha value is -1.20. The molecule has 0 heterocycles. The fourth-order valence-electron chi connectivity index (χ4n) is 1.88. The lowest BCUT2D eigenvalue weighted by Crippen LogP contribution is -2.47. The quantitative estimate of drug-likeness (QED) is 0.835. The van der Waals surface area contributed by atoms with E-state index >= 15 is 0 Å². The van der Waals surface area contributed by atoms with E-state index in [-0.39, 0.29) is 18.3 Å². The van der Waals surface area contributed by atoms with Crippen molar-refractivity contribution in [2.45, 2.75) is 24.9 Å². The van der Waals surface area contributed by atoms with E-state index in [1.54, 1.807) is 12.1 Å². The topological polar surface area (TPSA) is 49.3 Å². The van der Waals surface area contributed by atoms with Gasteiger partial charge in [0.25, 0.3) is 0 Å². The second kappa shape index (κ2) is 5.84. The minimum Gasteiger partial charge on any atom is -0.388 e. The Morgan fingerprint density at radius 1 is 1.53 bits per heavy atom. The van der Waals surface area contributed by atoms with E-state index in [2.05, 4.69) is 21.2 Å². The summed E-state index contributed by atoms with van der Waals surface area (Å²) in [4.78, 5) is 11.6. The molecule has 19 heavy (non-hydrogen) atoms. The molecule has 2 rings (SSSR count). The van der Waals surface area contributed by atoms with Gasteiger partial charge in [0.05, 0.1) is 5.60 Å². The predicted molar refractivity (Wildman–Crippen MR) is 74.9 cm³/mol. The number of halogens is 2. The second-order valence-corrected chi connectivity index (χ2v) is 5.71. The van der Waals surface area contributed by atoms with E-state index in [0.29, 0.717) is 5.56 Å². The maximum absolute atomic E-state index is 13.4. The largest absolute Gasteiger partial charge is 0.388 e. The summed E-state index contributed by atoms with van der Waals surface area (Å²) in [6, 6.07) is 4.52. The third-order valence-corrected chi connectivity index (χ3v) is 3.74. The highest BCUT2D eigenvalue weighted by atomic mass is 79.9. The summed E-state index contributed by atoms with van der Waals surface area (Å²) in [5.41, 5.74) is -0.406. The highest BCUT2D eigenvalue weighted by Gasteiger charge is 2.34. The van der Waals surface area contributed by atoms with Gasteiger partial charge >= 0.3 is 0 Å². The van der Waals surface area contributed by atoms with E-state index < -0.39 is 5.60 Å². The third kappa shape index (κ3) is 3.88. The summed E-state index contributed by atoms with van der Waals surface area (Å²) in [5.74, 6) is -0.718. The summed E-state index contributed by atoms with van der Waals surface area (Å²) in [6.45, 7) is 0.247. The lowest BCUT2D eigenvalue weighted by atomic mass is 9.80. The SMILES string of the molecule is O=C(/C=C/c1cc(Br)ccc1F)NCC1(O)CCC1. The Kier molecular flexibility index (Phi) is 4.37. The normalized spacial score (nSPS) is 17.2. The smallest absolute Gasteiger partial charge is 0.244 e. The molecule has 1 aliphatic carbocycles. The maximum Gasteiger partial charge on any atom is 0.244 e. The Balaban J connectivity index is 1.90. The van der Waals surface area contributed by atoms with E-state index in [1.165, 1.54) is 18.2 Å². The molecule has 3 nitrogen and oxygen atoms in total. The van der Waals surface area contributed by atoms with Crippen molar-refractivity contribution in [2.75, 3.05) is 6.54 Å². The standard InChI is InChI=1S/C14H15BrFNO2/c15-11-3-4-12(16)10(8-11)2-5-13(18)17-9-14(19)6-1-7-14/h2-5,8,19H,1,6-7,9H2,(H,17,18)/b5-2+. The van der Waals surface area contributed by atoms with Gasteiger partial charge in [-0.2, -0.15) is 0 Å². The molecule has 1 aliphatic rings. The lowest BCUT2D eigenvalue weighted by Gasteiger charge is -2.36. The molecule has 1 aromatic carbocycles. The van der Waals surface area contributed by atoms with Gasteiger partial charge in [-0.1, -0.05) is 15.9 Å². The molecule has 1 fully saturated rings. The van der Waals surface area contributed by atoms with Crippen LogP contribution in [0.5, 0.6) is 0 Å². The van der Waals surface area contributed by atoms with Gasteiger partial charge in [-0.05, 0) is 43.5 Å². The van der Waals surface area contributed by atoms with Crippen LogP contribution in [0, 0.1) is 5.82 Å². The van der Waals surface area contributed by atoms with E-state index in [0.717, 1.165) is 23.7 Å². The molecule has 0 unspecified atom stereocenters. The average Bonchev–Trinajstić information content (AvgIpc) is 2.35. The first-order valence-corrected chi connectivity index (χ1v) is 6.91. The zero-order valence-corrected chi connectivity index (χ0v) is 11.9. The number of nitrogens with one attached hydrogen (secondary N) is 1. The zero-order chi connectivity index (χ0) is 13.9. The van der Waals surface area contributed by atoms with Gasteiger partial charge in [-0.3, -0.25) is 4.79 Å². The number of amides is 1.